The minimum atomic E-state index is -1.17. The normalized spacial score (nSPS) is 14.1. The number of rotatable bonds is 15. The van der Waals surface area contributed by atoms with E-state index in [1.807, 2.05) is 105 Å². The van der Waals surface area contributed by atoms with Gasteiger partial charge in [0, 0.05) is 25.9 Å². The van der Waals surface area contributed by atoms with Crippen LogP contribution in [0, 0.1) is 11.8 Å². The zero-order valence-corrected chi connectivity index (χ0v) is 28.1. The van der Waals surface area contributed by atoms with E-state index in [1.54, 1.807) is 32.7 Å². The quantitative estimate of drug-likeness (QED) is 0.193. The first kappa shape index (κ1) is 36.3. The zero-order chi connectivity index (χ0) is 33.7. The Morgan fingerprint density at radius 3 is 1.67 bits per heavy atom. The van der Waals surface area contributed by atoms with Crippen molar-refractivity contribution in [2.24, 2.45) is 11.8 Å². The van der Waals surface area contributed by atoms with Crippen molar-refractivity contribution in [2.75, 3.05) is 7.05 Å². The van der Waals surface area contributed by atoms with E-state index in [4.69, 9.17) is 4.74 Å². The Bertz CT molecular complexity index is 1360. The summed E-state index contributed by atoms with van der Waals surface area (Å²) < 4.78 is 5.54. The van der Waals surface area contributed by atoms with E-state index in [0.717, 1.165) is 16.7 Å². The molecule has 248 valence electrons. The summed E-state index contributed by atoms with van der Waals surface area (Å²) in [4.78, 5) is 41.9. The molecule has 3 amide bonds. The third-order valence-corrected chi connectivity index (χ3v) is 7.69. The van der Waals surface area contributed by atoms with Gasteiger partial charge in [-0.2, -0.15) is 0 Å². The lowest BCUT2D eigenvalue weighted by Crippen LogP contribution is -2.57. The van der Waals surface area contributed by atoms with E-state index in [-0.39, 0.29) is 24.2 Å². The van der Waals surface area contributed by atoms with Crippen molar-refractivity contribution in [3.05, 3.63) is 108 Å². The highest BCUT2D eigenvalue weighted by Gasteiger charge is 2.34. The van der Waals surface area contributed by atoms with Crippen LogP contribution in [0.15, 0.2) is 91.0 Å². The van der Waals surface area contributed by atoms with Gasteiger partial charge in [-0.3, -0.25) is 9.59 Å². The largest absolute Gasteiger partial charge is 0.444 e. The van der Waals surface area contributed by atoms with Crippen LogP contribution >= 0.6 is 0 Å². The first-order valence-corrected chi connectivity index (χ1v) is 16.1. The molecule has 46 heavy (non-hydrogen) atoms. The van der Waals surface area contributed by atoms with Crippen LogP contribution in [0.3, 0.4) is 0 Å². The number of alkyl carbamates (subject to hydrolysis) is 1. The molecule has 0 saturated carbocycles. The minimum absolute atomic E-state index is 0.0467. The molecule has 0 aliphatic carbocycles. The van der Waals surface area contributed by atoms with Gasteiger partial charge in [0.25, 0.3) is 0 Å². The maximum absolute atomic E-state index is 14.0. The van der Waals surface area contributed by atoms with E-state index in [2.05, 4.69) is 10.6 Å². The first-order valence-electron chi connectivity index (χ1n) is 16.1. The van der Waals surface area contributed by atoms with E-state index >= 15 is 0 Å². The molecule has 0 saturated heterocycles. The summed E-state index contributed by atoms with van der Waals surface area (Å²) >= 11 is 0. The van der Waals surface area contributed by atoms with Crippen molar-refractivity contribution in [2.45, 2.75) is 90.6 Å². The lowest BCUT2D eigenvalue weighted by atomic mass is 9.89. The predicted octanol–water partition coefficient (Wildman–Crippen LogP) is 5.92. The number of nitrogens with zero attached hydrogens (tertiary/aromatic N) is 1. The molecule has 0 aliphatic rings. The van der Waals surface area contributed by atoms with Gasteiger partial charge in [-0.15, -0.1) is 0 Å². The zero-order valence-electron chi connectivity index (χ0n) is 28.1. The van der Waals surface area contributed by atoms with Crippen LogP contribution in [0.4, 0.5) is 4.79 Å². The number of nitrogens with one attached hydrogen (secondary N) is 2. The Kier molecular flexibility index (Phi) is 13.8. The molecule has 8 nitrogen and oxygen atoms in total. The van der Waals surface area contributed by atoms with E-state index in [1.165, 1.54) is 0 Å². The van der Waals surface area contributed by atoms with Crippen LogP contribution in [0.25, 0.3) is 0 Å². The molecule has 3 aromatic carbocycles. The second-order valence-corrected chi connectivity index (χ2v) is 13.5. The summed E-state index contributed by atoms with van der Waals surface area (Å²) in [6.45, 7) is 9.83. The van der Waals surface area contributed by atoms with Gasteiger partial charge in [0.05, 0.1) is 18.2 Å². The second kappa shape index (κ2) is 17.5. The number of amides is 3. The third kappa shape index (κ3) is 12.7. The third-order valence-electron chi connectivity index (χ3n) is 7.69. The summed E-state index contributed by atoms with van der Waals surface area (Å²) in [5, 5.41) is 17.9. The standard InChI is InChI=1S/C38H51N3O5/c1-27(2)22-31(25-34(42)41(6)26-30-20-14-9-15-21-30)36(44)39-32(23-28-16-10-7-11-17-28)35(43)33(24-29-18-12-8-13-19-29)40-37(45)46-38(3,4)5/h7-21,27,31-33,35,43H,22-26H2,1-6H3,(H,39,44)(H,40,45). The number of carbonyl (C=O) groups is 3. The van der Waals surface area contributed by atoms with Crippen LogP contribution in [0.1, 0.15) is 64.2 Å². The van der Waals surface area contributed by atoms with Crippen LogP contribution < -0.4 is 10.6 Å². The van der Waals surface area contributed by atoms with Gasteiger partial charge in [0.15, 0.2) is 0 Å². The Morgan fingerprint density at radius 2 is 1.22 bits per heavy atom. The molecule has 3 N–H and O–H groups in total. The Labute approximate surface area is 274 Å². The van der Waals surface area contributed by atoms with Crippen molar-refractivity contribution in [3.63, 3.8) is 0 Å². The fraction of sp³-hybridized carbons (Fsp3) is 0.447. The van der Waals surface area contributed by atoms with Gasteiger partial charge in [-0.1, -0.05) is 105 Å². The SMILES string of the molecule is CC(C)CC(CC(=O)N(C)Cc1ccccc1)C(=O)NC(Cc1ccccc1)C(O)C(Cc1ccccc1)NC(=O)OC(C)(C)C. The molecule has 0 heterocycles. The van der Waals surface area contributed by atoms with E-state index in [9.17, 15) is 19.5 Å². The van der Waals surface area contributed by atoms with Gasteiger partial charge in [0.2, 0.25) is 11.8 Å². The van der Waals surface area contributed by atoms with E-state index in [0.29, 0.717) is 25.8 Å². The fourth-order valence-electron chi connectivity index (χ4n) is 5.45. The van der Waals surface area contributed by atoms with E-state index < -0.39 is 35.8 Å². The number of ether oxygens (including phenoxy) is 1. The molecule has 4 atom stereocenters. The number of benzene rings is 3. The van der Waals surface area contributed by atoms with Crippen molar-refractivity contribution in [1.29, 1.82) is 0 Å². The van der Waals surface area contributed by atoms with Crippen molar-refractivity contribution in [1.82, 2.24) is 15.5 Å². The molecular formula is C38H51N3O5. The number of aliphatic hydroxyl groups is 1. The minimum Gasteiger partial charge on any atom is -0.444 e. The Balaban J connectivity index is 1.86. The molecule has 3 rings (SSSR count). The molecule has 0 aliphatic heterocycles. The maximum Gasteiger partial charge on any atom is 0.407 e. The molecule has 0 radical (unpaired) electrons. The van der Waals surface area contributed by atoms with Gasteiger partial charge < -0.3 is 25.4 Å². The summed E-state index contributed by atoms with van der Waals surface area (Å²) in [6, 6.07) is 27.4. The summed E-state index contributed by atoms with van der Waals surface area (Å²) in [5.74, 6) is -0.855. The van der Waals surface area contributed by atoms with Gasteiger partial charge >= 0.3 is 6.09 Å². The highest BCUT2D eigenvalue weighted by Crippen LogP contribution is 2.21. The predicted molar refractivity (Wildman–Crippen MR) is 182 cm³/mol. The van der Waals surface area contributed by atoms with Crippen LogP contribution in [0.5, 0.6) is 0 Å². The number of carbonyl (C=O) groups excluding carboxylic acids is 3. The fourth-order valence-corrected chi connectivity index (χ4v) is 5.45. The Hall–Kier alpha value is -4.17. The highest BCUT2D eigenvalue weighted by molar-refractivity contribution is 5.86. The van der Waals surface area contributed by atoms with Crippen LogP contribution in [0.2, 0.25) is 0 Å². The lowest BCUT2D eigenvalue weighted by molar-refractivity contribution is -0.136. The molecule has 0 aromatic heterocycles. The number of hydrogen-bond donors (Lipinski definition) is 3. The average Bonchev–Trinajstić information content (AvgIpc) is 3.00. The van der Waals surface area contributed by atoms with Crippen LogP contribution in [-0.2, 0) is 33.7 Å². The average molecular weight is 630 g/mol. The molecule has 4 unspecified atom stereocenters. The topological polar surface area (TPSA) is 108 Å². The van der Waals surface area contributed by atoms with Gasteiger partial charge in [-0.05, 0) is 62.6 Å². The number of hydrogen-bond acceptors (Lipinski definition) is 5. The monoisotopic (exact) mass is 629 g/mol. The number of aliphatic hydroxyl groups excluding tert-OH is 1. The van der Waals surface area contributed by atoms with Crippen molar-refractivity contribution >= 4 is 17.9 Å². The smallest absolute Gasteiger partial charge is 0.407 e. The molecule has 3 aromatic rings. The molecule has 0 spiro atoms. The lowest BCUT2D eigenvalue weighted by Gasteiger charge is -2.33. The van der Waals surface area contributed by atoms with Gasteiger partial charge in [-0.25, -0.2) is 4.79 Å². The van der Waals surface area contributed by atoms with Crippen LogP contribution in [-0.4, -0.2) is 58.8 Å². The molecule has 0 fully saturated rings. The first-order chi connectivity index (χ1) is 21.8. The summed E-state index contributed by atoms with van der Waals surface area (Å²) in [6.07, 6.45) is -0.624. The summed E-state index contributed by atoms with van der Waals surface area (Å²) in [5.41, 5.74) is 2.11. The maximum atomic E-state index is 14.0. The summed E-state index contributed by atoms with van der Waals surface area (Å²) in [7, 11) is 1.75. The molecular weight excluding hydrogens is 578 g/mol. The van der Waals surface area contributed by atoms with Crippen molar-refractivity contribution < 1.29 is 24.2 Å². The second-order valence-electron chi connectivity index (χ2n) is 13.5. The molecule has 0 bridgehead atoms. The molecule has 8 heteroatoms. The highest BCUT2D eigenvalue weighted by atomic mass is 16.6. The Morgan fingerprint density at radius 1 is 0.761 bits per heavy atom. The van der Waals surface area contributed by atoms with Crippen molar-refractivity contribution in [3.8, 4) is 0 Å². The van der Waals surface area contributed by atoms with Gasteiger partial charge in [0.1, 0.15) is 5.60 Å².